The molecule has 2 aromatic rings. The smallest absolute Gasteiger partial charge is 0.317 e. The monoisotopic (exact) mass is 338 g/mol. The van der Waals surface area contributed by atoms with Crippen LogP contribution in [-0.2, 0) is 6.54 Å². The molecule has 25 heavy (non-hydrogen) atoms. The van der Waals surface area contributed by atoms with Crippen molar-refractivity contribution >= 4 is 16.9 Å². The number of hydrogen-bond acceptors (Lipinski definition) is 2. The fourth-order valence-corrected chi connectivity index (χ4v) is 5.23. The van der Waals surface area contributed by atoms with Gasteiger partial charge in [0, 0.05) is 36.9 Å². The molecule has 5 nitrogen and oxygen atoms in total. The predicted molar refractivity (Wildman–Crippen MR) is 98.3 cm³/mol. The van der Waals surface area contributed by atoms with Crippen molar-refractivity contribution in [1.29, 1.82) is 0 Å². The van der Waals surface area contributed by atoms with E-state index in [1.165, 1.54) is 37.7 Å². The number of nitrogens with one attached hydrogen (secondary N) is 2. The number of likely N-dealkylation sites (tertiary alicyclic amines) is 1. The van der Waals surface area contributed by atoms with E-state index >= 15 is 0 Å². The average Bonchev–Trinajstić information content (AvgIpc) is 3.31. The number of para-hydroxylation sites is 1. The summed E-state index contributed by atoms with van der Waals surface area (Å²) in [6.45, 7) is 4.89. The molecule has 3 atom stereocenters. The zero-order valence-electron chi connectivity index (χ0n) is 14.6. The number of aromatic nitrogens is 1. The van der Waals surface area contributed by atoms with Crippen LogP contribution in [0.4, 0.5) is 4.79 Å². The first kappa shape index (κ1) is 15.3. The molecule has 2 N–H and O–H groups in total. The minimum Gasteiger partial charge on any atom is -0.357 e. The molecule has 1 aromatic carbocycles. The SMILES string of the molecule is O=C(NCc1cc2ccccc2[nH]1)N1CC2CN3CCCCC3C2C1. The van der Waals surface area contributed by atoms with Gasteiger partial charge in [-0.2, -0.15) is 0 Å². The van der Waals surface area contributed by atoms with Gasteiger partial charge in [-0.15, -0.1) is 0 Å². The summed E-state index contributed by atoms with van der Waals surface area (Å²) >= 11 is 0. The topological polar surface area (TPSA) is 51.4 Å². The van der Waals surface area contributed by atoms with Crippen molar-refractivity contribution < 1.29 is 4.79 Å². The van der Waals surface area contributed by atoms with E-state index in [1.807, 2.05) is 17.0 Å². The molecule has 3 unspecified atom stereocenters. The van der Waals surface area contributed by atoms with Crippen molar-refractivity contribution in [3.05, 3.63) is 36.0 Å². The number of H-pyrrole nitrogens is 1. The molecule has 0 aliphatic carbocycles. The molecular weight excluding hydrogens is 312 g/mol. The van der Waals surface area contributed by atoms with Gasteiger partial charge in [-0.25, -0.2) is 4.79 Å². The van der Waals surface area contributed by atoms with Crippen molar-refractivity contribution in [2.24, 2.45) is 11.8 Å². The van der Waals surface area contributed by atoms with Crippen molar-refractivity contribution in [2.75, 3.05) is 26.2 Å². The van der Waals surface area contributed by atoms with Crippen LogP contribution in [0.2, 0.25) is 0 Å². The molecule has 0 saturated carbocycles. The van der Waals surface area contributed by atoms with E-state index in [1.54, 1.807) is 0 Å². The summed E-state index contributed by atoms with van der Waals surface area (Å²) in [7, 11) is 0. The summed E-state index contributed by atoms with van der Waals surface area (Å²) in [5.41, 5.74) is 2.19. The summed E-state index contributed by atoms with van der Waals surface area (Å²) in [6.07, 6.45) is 4.04. The number of amides is 2. The second kappa shape index (κ2) is 6.06. The van der Waals surface area contributed by atoms with Gasteiger partial charge in [0.05, 0.1) is 6.54 Å². The van der Waals surface area contributed by atoms with Crippen LogP contribution in [0, 0.1) is 11.8 Å². The molecule has 4 heterocycles. The number of benzene rings is 1. The Morgan fingerprint density at radius 1 is 1.20 bits per heavy atom. The van der Waals surface area contributed by atoms with Gasteiger partial charge in [0.25, 0.3) is 0 Å². The Labute approximate surface area is 148 Å². The van der Waals surface area contributed by atoms with Crippen LogP contribution in [0.1, 0.15) is 25.0 Å². The van der Waals surface area contributed by atoms with Gasteiger partial charge in [-0.3, -0.25) is 4.90 Å². The lowest BCUT2D eigenvalue weighted by Gasteiger charge is -2.33. The molecular formula is C20H26N4O. The second-order valence-corrected chi connectivity index (χ2v) is 7.93. The highest BCUT2D eigenvalue weighted by Gasteiger charge is 2.48. The van der Waals surface area contributed by atoms with E-state index in [0.717, 1.165) is 30.3 Å². The van der Waals surface area contributed by atoms with E-state index in [0.29, 0.717) is 18.4 Å². The largest absolute Gasteiger partial charge is 0.357 e. The molecule has 2 amide bonds. The van der Waals surface area contributed by atoms with Crippen LogP contribution in [0.5, 0.6) is 0 Å². The summed E-state index contributed by atoms with van der Waals surface area (Å²) in [5.74, 6) is 1.38. The fraction of sp³-hybridized carbons (Fsp3) is 0.550. The standard InChI is InChI=1S/C20H26N4O/c25-20(21-10-16-9-14-5-1-2-6-18(14)22-16)24-12-15-11-23-8-4-3-7-19(23)17(15)13-24/h1-2,5-6,9,15,17,19,22H,3-4,7-8,10-13H2,(H,21,25). The Morgan fingerprint density at radius 3 is 3.04 bits per heavy atom. The van der Waals surface area contributed by atoms with Gasteiger partial charge in [0.1, 0.15) is 0 Å². The molecule has 0 spiro atoms. The van der Waals surface area contributed by atoms with Crippen LogP contribution in [-0.4, -0.2) is 53.0 Å². The van der Waals surface area contributed by atoms with Crippen LogP contribution in [0.15, 0.2) is 30.3 Å². The molecule has 1 aromatic heterocycles. The third-order valence-electron chi connectivity index (χ3n) is 6.42. The highest BCUT2D eigenvalue weighted by molar-refractivity contribution is 5.80. The summed E-state index contributed by atoms with van der Waals surface area (Å²) in [6, 6.07) is 11.2. The number of carbonyl (C=O) groups excluding carboxylic acids is 1. The van der Waals surface area contributed by atoms with Gasteiger partial charge >= 0.3 is 6.03 Å². The number of piperidine rings is 1. The number of hydrogen-bond donors (Lipinski definition) is 2. The molecule has 5 heteroatoms. The second-order valence-electron chi connectivity index (χ2n) is 7.93. The normalized spacial score (nSPS) is 29.0. The maximum absolute atomic E-state index is 12.6. The molecule has 3 aliphatic heterocycles. The van der Waals surface area contributed by atoms with E-state index in [2.05, 4.69) is 33.4 Å². The van der Waals surface area contributed by atoms with Crippen molar-refractivity contribution in [2.45, 2.75) is 31.8 Å². The number of rotatable bonds is 2. The Balaban J connectivity index is 1.20. The lowest BCUT2D eigenvalue weighted by atomic mass is 9.90. The molecule has 5 rings (SSSR count). The minimum absolute atomic E-state index is 0.0930. The summed E-state index contributed by atoms with van der Waals surface area (Å²) in [5, 5.41) is 4.30. The van der Waals surface area contributed by atoms with Gasteiger partial charge in [-0.1, -0.05) is 24.6 Å². The first-order valence-corrected chi connectivity index (χ1v) is 9.61. The quantitative estimate of drug-likeness (QED) is 0.885. The van der Waals surface area contributed by atoms with Crippen LogP contribution in [0.3, 0.4) is 0 Å². The number of fused-ring (bicyclic) bond motifs is 4. The van der Waals surface area contributed by atoms with Gasteiger partial charge in [-0.05, 0) is 48.7 Å². The molecule has 3 fully saturated rings. The summed E-state index contributed by atoms with van der Waals surface area (Å²) < 4.78 is 0. The molecule has 0 bridgehead atoms. The van der Waals surface area contributed by atoms with Crippen LogP contribution >= 0.6 is 0 Å². The third kappa shape index (κ3) is 2.71. The van der Waals surface area contributed by atoms with Gasteiger partial charge < -0.3 is 15.2 Å². The van der Waals surface area contributed by atoms with E-state index in [9.17, 15) is 4.79 Å². The highest BCUT2D eigenvalue weighted by Crippen LogP contribution is 2.40. The maximum Gasteiger partial charge on any atom is 0.317 e. The Bertz CT molecular complexity index is 752. The number of aromatic amines is 1. The first-order valence-electron chi connectivity index (χ1n) is 9.61. The Hall–Kier alpha value is -2.01. The number of urea groups is 1. The zero-order chi connectivity index (χ0) is 16.8. The molecule has 132 valence electrons. The van der Waals surface area contributed by atoms with E-state index in [4.69, 9.17) is 0 Å². The van der Waals surface area contributed by atoms with Crippen molar-refractivity contribution in [3.8, 4) is 0 Å². The lowest BCUT2D eigenvalue weighted by molar-refractivity contribution is 0.154. The Kier molecular flexibility index (Phi) is 3.70. The Morgan fingerprint density at radius 2 is 2.12 bits per heavy atom. The van der Waals surface area contributed by atoms with E-state index in [-0.39, 0.29) is 6.03 Å². The minimum atomic E-state index is 0.0930. The van der Waals surface area contributed by atoms with Crippen molar-refractivity contribution in [3.63, 3.8) is 0 Å². The zero-order valence-corrected chi connectivity index (χ0v) is 14.6. The first-order chi connectivity index (χ1) is 12.3. The average molecular weight is 338 g/mol. The maximum atomic E-state index is 12.6. The van der Waals surface area contributed by atoms with Gasteiger partial charge in [0.2, 0.25) is 0 Å². The predicted octanol–water partition coefficient (Wildman–Crippen LogP) is 2.79. The van der Waals surface area contributed by atoms with E-state index < -0.39 is 0 Å². The third-order valence-corrected chi connectivity index (χ3v) is 6.42. The fourth-order valence-electron chi connectivity index (χ4n) is 5.23. The van der Waals surface area contributed by atoms with Crippen LogP contribution < -0.4 is 5.32 Å². The summed E-state index contributed by atoms with van der Waals surface area (Å²) in [4.78, 5) is 20.7. The van der Waals surface area contributed by atoms with Crippen molar-refractivity contribution in [1.82, 2.24) is 20.1 Å². The number of carbonyl (C=O) groups is 1. The molecule has 3 saturated heterocycles. The highest BCUT2D eigenvalue weighted by atomic mass is 16.2. The van der Waals surface area contributed by atoms with Crippen LogP contribution in [0.25, 0.3) is 10.9 Å². The molecule has 3 aliphatic rings. The lowest BCUT2D eigenvalue weighted by Crippen LogP contribution is -2.43. The van der Waals surface area contributed by atoms with Gasteiger partial charge in [0.15, 0.2) is 0 Å². The molecule has 0 radical (unpaired) electrons. The number of nitrogens with zero attached hydrogens (tertiary/aromatic N) is 2.